The molecule has 0 bridgehead atoms. The van der Waals surface area contributed by atoms with Gasteiger partial charge in [-0.05, 0) is 46.1 Å². The molecule has 20 heavy (non-hydrogen) atoms. The van der Waals surface area contributed by atoms with Gasteiger partial charge < -0.3 is 10.3 Å². The van der Waals surface area contributed by atoms with Gasteiger partial charge in [0.15, 0.2) is 0 Å². The second kappa shape index (κ2) is 6.40. The monoisotopic (exact) mass is 377 g/mol. The van der Waals surface area contributed by atoms with Gasteiger partial charge in [-0.1, -0.05) is 0 Å². The van der Waals surface area contributed by atoms with Crippen LogP contribution in [0, 0.1) is 0 Å². The predicted octanol–water partition coefficient (Wildman–Crippen LogP) is 2.38. The van der Waals surface area contributed by atoms with E-state index in [0.717, 1.165) is 15.0 Å². The van der Waals surface area contributed by atoms with Gasteiger partial charge in [-0.2, -0.15) is 4.31 Å². The van der Waals surface area contributed by atoms with E-state index < -0.39 is 10.0 Å². The highest BCUT2D eigenvalue weighted by Gasteiger charge is 2.22. The topological polar surface area (TPSA) is 65.2 Å². The van der Waals surface area contributed by atoms with Crippen LogP contribution in [0.3, 0.4) is 0 Å². The fourth-order valence-corrected chi connectivity index (χ4v) is 4.19. The summed E-state index contributed by atoms with van der Waals surface area (Å²) in [5.41, 5.74) is 1.82. The molecular weight excluding hydrogens is 362 g/mol. The molecule has 110 valence electrons. The number of hydrogen-bond acceptors (Lipinski definition) is 4. The largest absolute Gasteiger partial charge is 0.363 e. The van der Waals surface area contributed by atoms with Crippen LogP contribution in [0.4, 0.5) is 0 Å². The van der Waals surface area contributed by atoms with Crippen LogP contribution in [0.5, 0.6) is 0 Å². The van der Waals surface area contributed by atoms with Gasteiger partial charge in [0.05, 0.1) is 8.68 Å². The molecule has 0 fully saturated rings. The summed E-state index contributed by atoms with van der Waals surface area (Å²) in [5.74, 6) is 0. The Balaban J connectivity index is 2.15. The molecule has 0 atom stereocenters. The molecule has 0 aliphatic rings. The Hall–Kier alpha value is -0.670. The average molecular weight is 378 g/mol. The minimum Gasteiger partial charge on any atom is -0.363 e. The molecule has 5 nitrogen and oxygen atoms in total. The van der Waals surface area contributed by atoms with Crippen molar-refractivity contribution < 1.29 is 8.42 Å². The second-order valence-corrected chi connectivity index (χ2v) is 8.75. The van der Waals surface area contributed by atoms with Crippen molar-refractivity contribution in [1.29, 1.82) is 0 Å². The van der Waals surface area contributed by atoms with Crippen LogP contribution in [0.1, 0.15) is 11.3 Å². The Morgan fingerprint density at radius 2 is 2.20 bits per heavy atom. The van der Waals surface area contributed by atoms with Gasteiger partial charge in [-0.25, -0.2) is 8.42 Å². The van der Waals surface area contributed by atoms with Crippen LogP contribution in [-0.2, 0) is 23.1 Å². The molecule has 0 aliphatic carbocycles. The summed E-state index contributed by atoms with van der Waals surface area (Å²) in [4.78, 5) is 3.25. The Morgan fingerprint density at radius 3 is 2.80 bits per heavy atom. The zero-order chi connectivity index (χ0) is 14.8. The Bertz CT molecular complexity index is 678. The van der Waals surface area contributed by atoms with Gasteiger partial charge in [-0.15, -0.1) is 11.3 Å². The van der Waals surface area contributed by atoms with E-state index in [2.05, 4.69) is 26.2 Å². The first-order valence-electron chi connectivity index (χ1n) is 5.94. The van der Waals surface area contributed by atoms with Crippen LogP contribution in [0.2, 0.25) is 0 Å². The molecule has 0 radical (unpaired) electrons. The molecule has 2 aromatic heterocycles. The van der Waals surface area contributed by atoms with Gasteiger partial charge in [0.25, 0.3) is 0 Å². The van der Waals surface area contributed by atoms with Gasteiger partial charge in [0.1, 0.15) is 0 Å². The van der Waals surface area contributed by atoms with E-state index in [-0.39, 0.29) is 0 Å². The number of thiophene rings is 1. The molecule has 0 spiro atoms. The fraction of sp³-hybridized carbons (Fsp3) is 0.333. The van der Waals surface area contributed by atoms with E-state index in [0.29, 0.717) is 18.0 Å². The number of nitrogens with zero attached hydrogens (tertiary/aromatic N) is 1. The molecule has 0 unspecified atom stereocenters. The lowest BCUT2D eigenvalue weighted by molar-refractivity contribution is 0.467. The maximum absolute atomic E-state index is 12.4. The number of rotatable bonds is 6. The normalized spacial score (nSPS) is 12.2. The quantitative estimate of drug-likeness (QED) is 0.811. The summed E-state index contributed by atoms with van der Waals surface area (Å²) in [6.45, 7) is 0.966. The standard InChI is InChI=1S/C12H16BrN3O2S2/c1-14-5-10-4-11(6-15-10)20(17,18)16(2)7-9-3-12(13)19-8-9/h3-4,6,8,14-15H,5,7H2,1-2H3. The smallest absolute Gasteiger partial charge is 0.244 e. The third kappa shape index (κ3) is 3.50. The molecule has 2 N–H and O–H groups in total. The molecular formula is C12H16BrN3O2S2. The second-order valence-electron chi connectivity index (χ2n) is 4.41. The number of nitrogens with one attached hydrogen (secondary N) is 2. The van der Waals surface area contributed by atoms with E-state index in [1.807, 2.05) is 18.5 Å². The van der Waals surface area contributed by atoms with Crippen molar-refractivity contribution in [2.24, 2.45) is 0 Å². The van der Waals surface area contributed by atoms with Crippen LogP contribution in [0.25, 0.3) is 0 Å². The van der Waals surface area contributed by atoms with Crippen molar-refractivity contribution in [2.75, 3.05) is 14.1 Å². The summed E-state index contributed by atoms with van der Waals surface area (Å²) < 4.78 is 27.2. The van der Waals surface area contributed by atoms with E-state index in [1.54, 1.807) is 24.5 Å². The summed E-state index contributed by atoms with van der Waals surface area (Å²) in [5, 5.41) is 4.92. The molecule has 2 aromatic rings. The minimum atomic E-state index is -3.46. The number of sulfonamides is 1. The molecule has 0 aromatic carbocycles. The zero-order valence-corrected chi connectivity index (χ0v) is 14.4. The number of hydrogen-bond donors (Lipinski definition) is 2. The molecule has 2 rings (SSSR count). The highest BCUT2D eigenvalue weighted by atomic mass is 79.9. The molecule has 2 heterocycles. The first-order valence-corrected chi connectivity index (χ1v) is 9.06. The van der Waals surface area contributed by atoms with Crippen molar-refractivity contribution in [3.63, 3.8) is 0 Å². The molecule has 0 saturated heterocycles. The molecule has 0 amide bonds. The lowest BCUT2D eigenvalue weighted by Crippen LogP contribution is -2.26. The third-order valence-corrected chi connectivity index (χ3v) is 6.15. The maximum atomic E-state index is 12.4. The van der Waals surface area contributed by atoms with Gasteiger partial charge >= 0.3 is 0 Å². The van der Waals surface area contributed by atoms with Crippen LogP contribution < -0.4 is 5.32 Å². The van der Waals surface area contributed by atoms with Crippen molar-refractivity contribution in [3.8, 4) is 0 Å². The lowest BCUT2D eigenvalue weighted by atomic mass is 10.3. The van der Waals surface area contributed by atoms with Crippen molar-refractivity contribution in [3.05, 3.63) is 38.8 Å². The number of halogens is 1. The lowest BCUT2D eigenvalue weighted by Gasteiger charge is -2.15. The Kier molecular flexibility index (Phi) is 5.03. The average Bonchev–Trinajstić information content (AvgIpc) is 2.99. The van der Waals surface area contributed by atoms with Gasteiger partial charge in [0.2, 0.25) is 10.0 Å². The van der Waals surface area contributed by atoms with Gasteiger partial charge in [-0.3, -0.25) is 0 Å². The SMILES string of the molecule is CNCc1cc(S(=O)(=O)N(C)Cc2csc(Br)c2)c[nH]1. The van der Waals surface area contributed by atoms with Crippen LogP contribution >= 0.6 is 27.3 Å². The summed E-state index contributed by atoms with van der Waals surface area (Å²) in [6.07, 6.45) is 1.53. The van der Waals surface area contributed by atoms with Crippen LogP contribution in [0.15, 0.2) is 32.4 Å². The summed E-state index contributed by atoms with van der Waals surface area (Å²) in [7, 11) is -0.0578. The first-order chi connectivity index (χ1) is 9.43. The highest BCUT2D eigenvalue weighted by molar-refractivity contribution is 9.11. The van der Waals surface area contributed by atoms with E-state index in [1.165, 1.54) is 10.5 Å². The highest BCUT2D eigenvalue weighted by Crippen LogP contribution is 2.23. The van der Waals surface area contributed by atoms with E-state index in [9.17, 15) is 8.42 Å². The maximum Gasteiger partial charge on any atom is 0.244 e. The minimum absolute atomic E-state index is 0.291. The fourth-order valence-electron chi connectivity index (χ4n) is 1.81. The molecule has 8 heteroatoms. The first kappa shape index (κ1) is 15.7. The van der Waals surface area contributed by atoms with Gasteiger partial charge in [0, 0.05) is 32.0 Å². The third-order valence-electron chi connectivity index (χ3n) is 2.82. The van der Waals surface area contributed by atoms with E-state index >= 15 is 0 Å². The molecule has 0 aliphatic heterocycles. The van der Waals surface area contributed by atoms with Crippen molar-refractivity contribution in [1.82, 2.24) is 14.6 Å². The number of H-pyrrole nitrogens is 1. The summed E-state index contributed by atoms with van der Waals surface area (Å²) >= 11 is 4.92. The van der Waals surface area contributed by atoms with Crippen molar-refractivity contribution in [2.45, 2.75) is 18.0 Å². The predicted molar refractivity (Wildman–Crippen MR) is 84.2 cm³/mol. The zero-order valence-electron chi connectivity index (χ0n) is 11.2. The van der Waals surface area contributed by atoms with E-state index in [4.69, 9.17) is 0 Å². The Labute approximate surface area is 131 Å². The number of aromatic amines is 1. The van der Waals surface area contributed by atoms with Crippen LogP contribution in [-0.4, -0.2) is 31.8 Å². The molecule has 0 saturated carbocycles. The van der Waals surface area contributed by atoms with Crippen molar-refractivity contribution >= 4 is 37.3 Å². The number of aromatic nitrogens is 1. The Morgan fingerprint density at radius 1 is 1.45 bits per heavy atom. The summed E-state index contributed by atoms with van der Waals surface area (Å²) in [6, 6.07) is 3.59.